The molecule has 8 heteroatoms. The Bertz CT molecular complexity index is 1230. The SMILES string of the molecule is Cn1nc(CC(=O)NCCCc2nc(-c3ccncc3)cs2)c2ccccc2c1=O. The fourth-order valence-corrected chi connectivity index (χ4v) is 4.12. The Kier molecular flexibility index (Phi) is 5.94. The van der Waals surface area contributed by atoms with Gasteiger partial charge in [-0.3, -0.25) is 14.6 Å². The topological polar surface area (TPSA) is 89.8 Å². The van der Waals surface area contributed by atoms with E-state index in [0.29, 0.717) is 17.6 Å². The third kappa shape index (κ3) is 4.44. The number of rotatable bonds is 7. The van der Waals surface area contributed by atoms with Gasteiger partial charge in [-0.15, -0.1) is 11.3 Å². The van der Waals surface area contributed by atoms with E-state index >= 15 is 0 Å². The summed E-state index contributed by atoms with van der Waals surface area (Å²) in [6.07, 6.45) is 5.25. The third-order valence-electron chi connectivity index (χ3n) is 4.78. The first kappa shape index (κ1) is 19.9. The summed E-state index contributed by atoms with van der Waals surface area (Å²) in [7, 11) is 1.60. The Morgan fingerprint density at radius 1 is 1.13 bits per heavy atom. The molecule has 30 heavy (non-hydrogen) atoms. The lowest BCUT2D eigenvalue weighted by atomic mass is 10.1. The summed E-state index contributed by atoms with van der Waals surface area (Å²) < 4.78 is 1.29. The number of carbonyl (C=O) groups is 1. The Morgan fingerprint density at radius 3 is 2.70 bits per heavy atom. The molecule has 0 saturated carbocycles. The number of amides is 1. The monoisotopic (exact) mass is 419 g/mol. The number of pyridine rings is 1. The second kappa shape index (κ2) is 8.96. The molecule has 3 aromatic heterocycles. The lowest BCUT2D eigenvalue weighted by Crippen LogP contribution is -2.28. The second-order valence-electron chi connectivity index (χ2n) is 6.91. The molecule has 152 valence electrons. The molecule has 0 saturated heterocycles. The maximum absolute atomic E-state index is 12.4. The van der Waals surface area contributed by atoms with Crippen molar-refractivity contribution in [1.82, 2.24) is 25.1 Å². The molecule has 0 aliphatic carbocycles. The van der Waals surface area contributed by atoms with Gasteiger partial charge in [-0.05, 0) is 24.6 Å². The molecule has 0 unspecified atom stereocenters. The number of thiazole rings is 1. The van der Waals surface area contributed by atoms with Gasteiger partial charge in [0, 0.05) is 48.7 Å². The second-order valence-corrected chi connectivity index (χ2v) is 7.86. The van der Waals surface area contributed by atoms with Crippen LogP contribution >= 0.6 is 11.3 Å². The molecule has 0 fully saturated rings. The molecule has 7 nitrogen and oxygen atoms in total. The van der Waals surface area contributed by atoms with Crippen LogP contribution < -0.4 is 10.9 Å². The molecule has 1 N–H and O–H groups in total. The number of hydrogen-bond donors (Lipinski definition) is 1. The Hall–Kier alpha value is -3.39. The normalized spacial score (nSPS) is 11.0. The van der Waals surface area contributed by atoms with E-state index in [-0.39, 0.29) is 17.9 Å². The molecule has 0 spiro atoms. The van der Waals surface area contributed by atoms with Crippen LogP contribution in [0.15, 0.2) is 59.0 Å². The zero-order chi connectivity index (χ0) is 20.9. The number of aryl methyl sites for hydroxylation is 2. The number of nitrogens with zero attached hydrogens (tertiary/aromatic N) is 4. The van der Waals surface area contributed by atoms with Crippen molar-refractivity contribution < 1.29 is 4.79 Å². The molecule has 0 atom stereocenters. The Balaban J connectivity index is 1.31. The van der Waals surface area contributed by atoms with Gasteiger partial charge in [-0.25, -0.2) is 9.67 Å². The van der Waals surface area contributed by atoms with Crippen molar-refractivity contribution in [1.29, 1.82) is 0 Å². The molecular formula is C22H21N5O2S. The summed E-state index contributed by atoms with van der Waals surface area (Å²) in [6.45, 7) is 0.562. The highest BCUT2D eigenvalue weighted by molar-refractivity contribution is 7.09. The minimum absolute atomic E-state index is 0.108. The smallest absolute Gasteiger partial charge is 0.274 e. The van der Waals surface area contributed by atoms with Crippen LogP contribution in [0.3, 0.4) is 0 Å². The van der Waals surface area contributed by atoms with Gasteiger partial charge < -0.3 is 5.32 Å². The molecule has 3 heterocycles. The third-order valence-corrected chi connectivity index (χ3v) is 5.69. The average Bonchev–Trinajstić information content (AvgIpc) is 3.24. The highest BCUT2D eigenvalue weighted by Crippen LogP contribution is 2.21. The first-order valence-corrected chi connectivity index (χ1v) is 10.6. The first-order valence-electron chi connectivity index (χ1n) is 9.68. The number of nitrogens with one attached hydrogen (secondary N) is 1. The maximum atomic E-state index is 12.4. The van der Waals surface area contributed by atoms with Crippen LogP contribution in [-0.2, 0) is 24.7 Å². The molecule has 4 aromatic rings. The van der Waals surface area contributed by atoms with Crippen LogP contribution in [0.2, 0.25) is 0 Å². The lowest BCUT2D eigenvalue weighted by molar-refractivity contribution is -0.120. The molecule has 1 amide bonds. The van der Waals surface area contributed by atoms with Gasteiger partial charge in [-0.2, -0.15) is 5.10 Å². The van der Waals surface area contributed by atoms with E-state index in [1.54, 1.807) is 36.8 Å². The minimum Gasteiger partial charge on any atom is -0.356 e. The van der Waals surface area contributed by atoms with Gasteiger partial charge in [0.15, 0.2) is 0 Å². The van der Waals surface area contributed by atoms with Crippen molar-refractivity contribution >= 4 is 28.0 Å². The molecule has 1 aromatic carbocycles. The highest BCUT2D eigenvalue weighted by Gasteiger charge is 2.12. The fraction of sp³-hybridized carbons (Fsp3) is 0.227. The van der Waals surface area contributed by atoms with Crippen LogP contribution in [-0.4, -0.2) is 32.2 Å². The van der Waals surface area contributed by atoms with Crippen molar-refractivity contribution in [3.63, 3.8) is 0 Å². The van der Waals surface area contributed by atoms with E-state index in [1.807, 2.05) is 35.7 Å². The fourth-order valence-electron chi connectivity index (χ4n) is 3.27. The van der Waals surface area contributed by atoms with Crippen molar-refractivity contribution in [3.8, 4) is 11.3 Å². The van der Waals surface area contributed by atoms with Crippen molar-refractivity contribution in [2.75, 3.05) is 6.54 Å². The van der Waals surface area contributed by atoms with E-state index in [9.17, 15) is 9.59 Å². The molecule has 0 aliphatic rings. The van der Waals surface area contributed by atoms with Gasteiger partial charge in [0.05, 0.1) is 28.2 Å². The van der Waals surface area contributed by atoms with Crippen LogP contribution in [0.4, 0.5) is 0 Å². The molecule has 4 rings (SSSR count). The quantitative estimate of drug-likeness (QED) is 0.465. The van der Waals surface area contributed by atoms with Gasteiger partial charge in [0.2, 0.25) is 5.91 Å². The van der Waals surface area contributed by atoms with Gasteiger partial charge in [0.25, 0.3) is 5.56 Å². The van der Waals surface area contributed by atoms with Gasteiger partial charge >= 0.3 is 0 Å². The maximum Gasteiger partial charge on any atom is 0.274 e. The number of hydrogen-bond acceptors (Lipinski definition) is 6. The summed E-state index contributed by atoms with van der Waals surface area (Å²) in [4.78, 5) is 33.3. The van der Waals surface area contributed by atoms with E-state index in [2.05, 4.69) is 20.4 Å². The van der Waals surface area contributed by atoms with Crippen LogP contribution in [0.1, 0.15) is 17.1 Å². The van der Waals surface area contributed by atoms with Crippen molar-refractivity contribution in [2.45, 2.75) is 19.3 Å². The van der Waals surface area contributed by atoms with E-state index in [0.717, 1.165) is 34.5 Å². The largest absolute Gasteiger partial charge is 0.356 e. The number of fused-ring (bicyclic) bond motifs is 1. The zero-order valence-electron chi connectivity index (χ0n) is 16.5. The summed E-state index contributed by atoms with van der Waals surface area (Å²) in [5, 5.41) is 11.6. The first-order chi connectivity index (χ1) is 14.6. The minimum atomic E-state index is -0.163. The highest BCUT2D eigenvalue weighted by atomic mass is 32.1. The van der Waals surface area contributed by atoms with Gasteiger partial charge in [-0.1, -0.05) is 18.2 Å². The van der Waals surface area contributed by atoms with E-state index in [4.69, 9.17) is 0 Å². The predicted octanol–water partition coefficient (Wildman–Crippen LogP) is 2.74. The number of benzene rings is 1. The van der Waals surface area contributed by atoms with Crippen LogP contribution in [0.5, 0.6) is 0 Å². The summed E-state index contributed by atoms with van der Waals surface area (Å²) in [5.41, 5.74) is 2.45. The number of carbonyl (C=O) groups excluding carboxylic acids is 1. The average molecular weight is 420 g/mol. The summed E-state index contributed by atoms with van der Waals surface area (Å²) >= 11 is 1.62. The molecule has 0 radical (unpaired) electrons. The summed E-state index contributed by atoms with van der Waals surface area (Å²) in [6, 6.07) is 11.1. The predicted molar refractivity (Wildman–Crippen MR) is 117 cm³/mol. The summed E-state index contributed by atoms with van der Waals surface area (Å²) in [5.74, 6) is -0.108. The van der Waals surface area contributed by atoms with Crippen molar-refractivity contribution in [2.24, 2.45) is 7.05 Å². The van der Waals surface area contributed by atoms with Gasteiger partial charge in [0.1, 0.15) is 0 Å². The molecule has 0 bridgehead atoms. The van der Waals surface area contributed by atoms with E-state index < -0.39 is 0 Å². The van der Waals surface area contributed by atoms with Crippen LogP contribution in [0, 0.1) is 0 Å². The number of aromatic nitrogens is 4. The van der Waals surface area contributed by atoms with Crippen LogP contribution in [0.25, 0.3) is 22.0 Å². The molecule has 0 aliphatic heterocycles. The van der Waals surface area contributed by atoms with E-state index in [1.165, 1.54) is 4.68 Å². The zero-order valence-corrected chi connectivity index (χ0v) is 17.4. The Labute approximate surface area is 177 Å². The van der Waals surface area contributed by atoms with Crippen molar-refractivity contribution in [3.05, 3.63) is 75.2 Å². The molecular weight excluding hydrogens is 398 g/mol. The Morgan fingerprint density at radius 2 is 1.90 bits per heavy atom. The standard InChI is InChI=1S/C22H21N5O2S/c1-27-22(29)17-6-3-2-5-16(17)18(26-27)13-20(28)24-10-4-7-21-25-19(14-30-21)15-8-11-23-12-9-15/h2-3,5-6,8-9,11-12,14H,4,7,10,13H2,1H3,(H,24,28). The lowest BCUT2D eigenvalue weighted by Gasteiger charge is -2.08.